The van der Waals surface area contributed by atoms with Crippen LogP contribution in [-0.4, -0.2) is 33.5 Å². The van der Waals surface area contributed by atoms with Gasteiger partial charge in [0.25, 0.3) is 0 Å². The predicted molar refractivity (Wildman–Crippen MR) is 92.2 cm³/mol. The molecule has 24 heavy (non-hydrogen) atoms. The Morgan fingerprint density at radius 3 is 2.71 bits per heavy atom. The van der Waals surface area contributed by atoms with E-state index in [1.54, 1.807) is 4.90 Å². The number of hydrogen-bond acceptors (Lipinski definition) is 2. The van der Waals surface area contributed by atoms with Crippen molar-refractivity contribution in [1.82, 2.24) is 10.2 Å². The molecule has 4 nitrogen and oxygen atoms in total. The first-order chi connectivity index (χ1) is 11.5. The number of rotatable bonds is 6. The van der Waals surface area contributed by atoms with Crippen molar-refractivity contribution in [3.05, 3.63) is 47.5 Å². The van der Waals surface area contributed by atoms with Crippen LogP contribution in [0.3, 0.4) is 0 Å². The molecular weight excluding hydrogens is 339 g/mol. The maximum atomic E-state index is 12.5. The van der Waals surface area contributed by atoms with Gasteiger partial charge in [-0.1, -0.05) is 17.7 Å². The minimum atomic E-state index is -0.334. The normalized spacial score (nSPS) is 17.3. The molecule has 1 unspecified atom stereocenters. The molecule has 0 aromatic heterocycles. The van der Waals surface area contributed by atoms with Crippen LogP contribution in [0, 0.1) is 6.92 Å². The van der Waals surface area contributed by atoms with Gasteiger partial charge in [0.2, 0.25) is 0 Å². The first-order valence-electron chi connectivity index (χ1n) is 8.29. The Kier molecular flexibility index (Phi) is 7.01. The smallest absolute Gasteiger partial charge is 0.0590 e. The summed E-state index contributed by atoms with van der Waals surface area (Å²) in [6.07, 6.45) is 5.74. The van der Waals surface area contributed by atoms with Crippen LogP contribution in [0.1, 0.15) is 37.3 Å². The summed E-state index contributed by atoms with van der Waals surface area (Å²) in [5.41, 5.74) is 2.27. The summed E-state index contributed by atoms with van der Waals surface area (Å²) in [6, 6.07) is 7.76. The third-order valence-electron chi connectivity index (χ3n) is 4.11. The molecule has 0 radical (unpaired) electrons. The Labute approximate surface area is 152 Å². The molecule has 0 aliphatic carbocycles. The fraction of sp³-hybridized carbons (Fsp3) is 0.421. The SMILES string of the molecule is C[C](=[V+2])C=CCC(=O)N1CCCC1C(=O)NCc1ccc(C)cc1. The summed E-state index contributed by atoms with van der Waals surface area (Å²) >= 11 is 2.44. The average molecular weight is 363 g/mol. The zero-order valence-corrected chi connectivity index (χ0v) is 15.7. The zero-order valence-electron chi connectivity index (χ0n) is 14.3. The summed E-state index contributed by atoms with van der Waals surface area (Å²) in [5, 5.41) is 2.96. The van der Waals surface area contributed by atoms with Gasteiger partial charge in [0, 0.05) is 0 Å². The molecule has 0 saturated carbocycles. The van der Waals surface area contributed by atoms with Crippen LogP contribution in [0.5, 0.6) is 0 Å². The van der Waals surface area contributed by atoms with Gasteiger partial charge in [-0.2, -0.15) is 0 Å². The molecule has 1 aromatic carbocycles. The number of likely N-dealkylation sites (tertiary alicyclic amines) is 1. The minimum absolute atomic E-state index is 0.0213. The van der Waals surface area contributed by atoms with Crippen LogP contribution >= 0.6 is 0 Å². The first-order valence-corrected chi connectivity index (χ1v) is 8.99. The van der Waals surface area contributed by atoms with Crippen molar-refractivity contribution in [3.8, 4) is 0 Å². The van der Waals surface area contributed by atoms with E-state index < -0.39 is 0 Å². The van der Waals surface area contributed by atoms with Crippen molar-refractivity contribution in [1.29, 1.82) is 0 Å². The van der Waals surface area contributed by atoms with Crippen LogP contribution in [0.2, 0.25) is 0 Å². The van der Waals surface area contributed by atoms with Crippen molar-refractivity contribution in [2.24, 2.45) is 0 Å². The molecule has 2 amide bonds. The van der Waals surface area contributed by atoms with E-state index in [1.807, 2.05) is 50.3 Å². The number of carbonyl (C=O) groups excluding carboxylic acids is 2. The van der Waals surface area contributed by atoms with Crippen LogP contribution in [0.4, 0.5) is 0 Å². The van der Waals surface area contributed by atoms with E-state index >= 15 is 0 Å². The summed E-state index contributed by atoms with van der Waals surface area (Å²) in [4.78, 5) is 26.5. The van der Waals surface area contributed by atoms with Crippen LogP contribution < -0.4 is 5.32 Å². The van der Waals surface area contributed by atoms with E-state index in [2.05, 4.69) is 22.3 Å². The zero-order chi connectivity index (χ0) is 17.5. The summed E-state index contributed by atoms with van der Waals surface area (Å²) in [6.45, 7) is 5.17. The molecule has 2 rings (SSSR count). The maximum absolute atomic E-state index is 12.5. The van der Waals surface area contributed by atoms with Gasteiger partial charge in [-0.3, -0.25) is 0 Å². The monoisotopic (exact) mass is 363 g/mol. The van der Waals surface area contributed by atoms with Crippen molar-refractivity contribution in [3.63, 3.8) is 0 Å². The first kappa shape index (κ1) is 18.7. The second kappa shape index (κ2) is 9.00. The van der Waals surface area contributed by atoms with Crippen LogP contribution in [0.15, 0.2) is 36.4 Å². The molecule has 1 N–H and O–H groups in total. The topological polar surface area (TPSA) is 49.4 Å². The van der Waals surface area contributed by atoms with Crippen LogP contribution in [0.25, 0.3) is 0 Å². The van der Waals surface area contributed by atoms with E-state index in [0.717, 1.165) is 22.6 Å². The molecular formula is C19H24N2O2V+2. The molecule has 1 heterocycles. The molecule has 5 heteroatoms. The summed E-state index contributed by atoms with van der Waals surface area (Å²) < 4.78 is 1.10. The molecule has 1 aromatic rings. The van der Waals surface area contributed by atoms with Crippen molar-refractivity contribution in [2.75, 3.05) is 6.54 Å². The fourth-order valence-electron chi connectivity index (χ4n) is 2.80. The van der Waals surface area contributed by atoms with Gasteiger partial charge in [0.15, 0.2) is 0 Å². The number of nitrogens with zero attached hydrogens (tertiary/aromatic N) is 1. The Morgan fingerprint density at radius 2 is 2.04 bits per heavy atom. The van der Waals surface area contributed by atoms with Gasteiger partial charge in [-0.15, -0.1) is 0 Å². The number of carbonyl (C=O) groups is 2. The molecule has 1 saturated heterocycles. The summed E-state index contributed by atoms with van der Waals surface area (Å²) in [5.74, 6) is -0.0340. The van der Waals surface area contributed by atoms with Crippen molar-refractivity contribution in [2.45, 2.75) is 45.7 Å². The van der Waals surface area contributed by atoms with Gasteiger partial charge in [-0.05, 0) is 6.92 Å². The summed E-state index contributed by atoms with van der Waals surface area (Å²) in [7, 11) is 0. The molecule has 1 aliphatic rings. The minimum Gasteiger partial charge on any atom is -0.0590 e. The second-order valence-electron chi connectivity index (χ2n) is 6.20. The Bertz CT molecular complexity index is 637. The van der Waals surface area contributed by atoms with E-state index in [-0.39, 0.29) is 17.9 Å². The van der Waals surface area contributed by atoms with E-state index in [4.69, 9.17) is 0 Å². The molecule has 0 spiro atoms. The van der Waals surface area contributed by atoms with Gasteiger partial charge in [0.05, 0.1) is 0 Å². The van der Waals surface area contributed by atoms with E-state index in [9.17, 15) is 9.59 Å². The average Bonchev–Trinajstić information content (AvgIpc) is 3.03. The van der Waals surface area contributed by atoms with E-state index in [0.29, 0.717) is 19.5 Å². The predicted octanol–water partition coefficient (Wildman–Crippen LogP) is 2.29. The number of hydrogen-bond donors (Lipinski definition) is 1. The molecule has 1 fully saturated rings. The molecule has 1 aliphatic heterocycles. The Balaban J connectivity index is 1.89. The van der Waals surface area contributed by atoms with Gasteiger partial charge in [0.1, 0.15) is 0 Å². The van der Waals surface area contributed by atoms with Crippen molar-refractivity contribution >= 4 is 16.0 Å². The molecule has 1 atom stereocenters. The van der Waals surface area contributed by atoms with Gasteiger partial charge < -0.3 is 0 Å². The number of aryl methyl sites for hydroxylation is 1. The fourth-order valence-corrected chi connectivity index (χ4v) is 2.96. The van der Waals surface area contributed by atoms with E-state index in [1.165, 1.54) is 5.56 Å². The number of amides is 2. The number of benzene rings is 1. The third-order valence-corrected chi connectivity index (χ3v) is 4.35. The molecule has 0 bridgehead atoms. The van der Waals surface area contributed by atoms with Gasteiger partial charge in [-0.25, -0.2) is 0 Å². The van der Waals surface area contributed by atoms with Gasteiger partial charge >= 0.3 is 128 Å². The van der Waals surface area contributed by atoms with Crippen molar-refractivity contribution < 1.29 is 26.6 Å². The second-order valence-corrected chi connectivity index (χ2v) is 7.30. The Morgan fingerprint density at radius 1 is 1.33 bits per heavy atom. The standard InChI is InChI=1S/C19H24N2O2.V/c1-3-4-5-8-18(22)21-13-6-7-17(21)19(23)20-14-16-11-9-15(2)10-12-16;/h4-5,9-12,17H,6-8,13-14H2,1-2H3,(H,20,23);/q;+2. The van der Waals surface area contributed by atoms with Crippen LogP contribution in [-0.2, 0) is 33.1 Å². The third kappa shape index (κ3) is 5.46. The number of allylic oxidation sites excluding steroid dienone is 1. The quantitative estimate of drug-likeness (QED) is 0.843. The Hall–Kier alpha value is -1.65. The number of nitrogens with one attached hydrogen (secondary N) is 1. The molecule has 125 valence electrons.